The Morgan fingerprint density at radius 1 is 0.950 bits per heavy atom. The Kier molecular flexibility index (Phi) is 9.98. The van der Waals surface area contributed by atoms with Crippen LogP contribution in [0.25, 0.3) is 0 Å². The van der Waals surface area contributed by atoms with Gasteiger partial charge in [-0.25, -0.2) is 0 Å². The molecule has 0 aliphatic rings. The molecule has 0 radical (unpaired) electrons. The lowest BCUT2D eigenvalue weighted by Crippen LogP contribution is -2.04. The van der Waals surface area contributed by atoms with E-state index in [4.69, 9.17) is 15.2 Å². The highest BCUT2D eigenvalue weighted by Gasteiger charge is 1.96. The van der Waals surface area contributed by atoms with Gasteiger partial charge < -0.3 is 15.2 Å². The van der Waals surface area contributed by atoms with Crippen LogP contribution >= 0.6 is 0 Å². The summed E-state index contributed by atoms with van der Waals surface area (Å²) >= 11 is 0. The standard InChI is InChI=1S/C17H29NO2/c1-2-3-4-5-6-11-19-12-8-13-20-17-10-7-9-16(14-17)15-18/h7,9-10,14H,2-6,8,11-13,15,18H2,1H3. The van der Waals surface area contributed by atoms with Crippen molar-refractivity contribution in [2.24, 2.45) is 5.73 Å². The topological polar surface area (TPSA) is 44.5 Å². The minimum atomic E-state index is 0.554. The number of benzene rings is 1. The van der Waals surface area contributed by atoms with Gasteiger partial charge in [-0.3, -0.25) is 0 Å². The summed E-state index contributed by atoms with van der Waals surface area (Å²) in [6.45, 7) is 5.15. The van der Waals surface area contributed by atoms with Crippen molar-refractivity contribution in [3.63, 3.8) is 0 Å². The van der Waals surface area contributed by atoms with E-state index in [-0.39, 0.29) is 0 Å². The Morgan fingerprint density at radius 2 is 1.75 bits per heavy atom. The van der Waals surface area contributed by atoms with Crippen LogP contribution in [0.15, 0.2) is 24.3 Å². The molecule has 0 spiro atoms. The van der Waals surface area contributed by atoms with Gasteiger partial charge in [0, 0.05) is 26.2 Å². The van der Waals surface area contributed by atoms with Crippen LogP contribution in [0.1, 0.15) is 51.0 Å². The SMILES string of the molecule is CCCCCCCOCCCOc1cccc(CN)c1. The molecule has 0 atom stereocenters. The zero-order valence-corrected chi connectivity index (χ0v) is 12.8. The Balaban J connectivity index is 1.94. The zero-order valence-electron chi connectivity index (χ0n) is 12.8. The van der Waals surface area contributed by atoms with Gasteiger partial charge in [0.25, 0.3) is 0 Å². The minimum absolute atomic E-state index is 0.554. The first-order valence-electron chi connectivity index (χ1n) is 7.86. The molecule has 0 aromatic heterocycles. The molecule has 1 rings (SSSR count). The van der Waals surface area contributed by atoms with E-state index in [2.05, 4.69) is 6.92 Å². The lowest BCUT2D eigenvalue weighted by atomic mass is 10.2. The molecule has 0 fully saturated rings. The van der Waals surface area contributed by atoms with Crippen molar-refractivity contribution >= 4 is 0 Å². The van der Waals surface area contributed by atoms with Crippen molar-refractivity contribution in [3.8, 4) is 5.75 Å². The van der Waals surface area contributed by atoms with Gasteiger partial charge >= 0.3 is 0 Å². The summed E-state index contributed by atoms with van der Waals surface area (Å²) in [5.41, 5.74) is 6.70. The fourth-order valence-corrected chi connectivity index (χ4v) is 2.02. The van der Waals surface area contributed by atoms with Crippen molar-refractivity contribution < 1.29 is 9.47 Å². The number of rotatable bonds is 12. The van der Waals surface area contributed by atoms with Crippen LogP contribution in [0.4, 0.5) is 0 Å². The second kappa shape index (κ2) is 11.7. The summed E-state index contributed by atoms with van der Waals surface area (Å²) in [4.78, 5) is 0. The molecule has 1 aromatic carbocycles. The van der Waals surface area contributed by atoms with Crippen molar-refractivity contribution in [1.29, 1.82) is 0 Å². The van der Waals surface area contributed by atoms with Gasteiger partial charge in [-0.2, -0.15) is 0 Å². The van der Waals surface area contributed by atoms with Crippen LogP contribution in [0.2, 0.25) is 0 Å². The highest BCUT2D eigenvalue weighted by Crippen LogP contribution is 2.13. The van der Waals surface area contributed by atoms with E-state index in [9.17, 15) is 0 Å². The molecule has 0 aliphatic carbocycles. The van der Waals surface area contributed by atoms with Crippen molar-refractivity contribution in [2.45, 2.75) is 52.0 Å². The molecule has 3 heteroatoms. The van der Waals surface area contributed by atoms with Gasteiger partial charge in [0.15, 0.2) is 0 Å². The molecule has 114 valence electrons. The number of ether oxygens (including phenoxy) is 2. The second-order valence-corrected chi connectivity index (χ2v) is 5.08. The Morgan fingerprint density at radius 3 is 2.55 bits per heavy atom. The van der Waals surface area contributed by atoms with Gasteiger partial charge in [-0.15, -0.1) is 0 Å². The fraction of sp³-hybridized carbons (Fsp3) is 0.647. The molecular formula is C17H29NO2. The van der Waals surface area contributed by atoms with Crippen LogP contribution in [0.5, 0.6) is 5.75 Å². The van der Waals surface area contributed by atoms with Crippen molar-refractivity contribution in [1.82, 2.24) is 0 Å². The highest BCUT2D eigenvalue weighted by atomic mass is 16.5. The highest BCUT2D eigenvalue weighted by molar-refractivity contribution is 5.28. The monoisotopic (exact) mass is 279 g/mol. The second-order valence-electron chi connectivity index (χ2n) is 5.08. The first kappa shape index (κ1) is 17.0. The average Bonchev–Trinajstić information content (AvgIpc) is 2.49. The lowest BCUT2D eigenvalue weighted by molar-refractivity contribution is 0.116. The third kappa shape index (κ3) is 8.18. The third-order valence-corrected chi connectivity index (χ3v) is 3.23. The van der Waals surface area contributed by atoms with E-state index in [1.54, 1.807) is 0 Å². The first-order chi connectivity index (χ1) is 9.86. The number of unbranched alkanes of at least 4 members (excludes halogenated alkanes) is 4. The number of nitrogens with two attached hydrogens (primary N) is 1. The molecule has 0 heterocycles. The zero-order chi connectivity index (χ0) is 14.5. The Bertz CT molecular complexity index is 342. The van der Waals surface area contributed by atoms with E-state index in [1.165, 1.54) is 32.1 Å². The van der Waals surface area contributed by atoms with Crippen LogP contribution in [-0.4, -0.2) is 19.8 Å². The van der Waals surface area contributed by atoms with E-state index < -0.39 is 0 Å². The molecule has 0 bridgehead atoms. The molecule has 0 amide bonds. The molecule has 0 saturated carbocycles. The third-order valence-electron chi connectivity index (χ3n) is 3.23. The predicted octanol–water partition coefficient (Wildman–Crippen LogP) is 3.90. The summed E-state index contributed by atoms with van der Waals surface area (Å²) in [7, 11) is 0. The number of hydrogen-bond acceptors (Lipinski definition) is 3. The van der Waals surface area contributed by atoms with Gasteiger partial charge in [-0.05, 0) is 24.1 Å². The molecule has 2 N–H and O–H groups in total. The smallest absolute Gasteiger partial charge is 0.119 e. The van der Waals surface area contributed by atoms with E-state index in [0.717, 1.165) is 30.9 Å². The van der Waals surface area contributed by atoms with Crippen LogP contribution < -0.4 is 10.5 Å². The van der Waals surface area contributed by atoms with Gasteiger partial charge in [0.1, 0.15) is 5.75 Å². The molecule has 1 aromatic rings. The van der Waals surface area contributed by atoms with Crippen LogP contribution in [-0.2, 0) is 11.3 Å². The quantitative estimate of drug-likeness (QED) is 0.590. The first-order valence-corrected chi connectivity index (χ1v) is 7.86. The van der Waals surface area contributed by atoms with E-state index in [1.807, 2.05) is 24.3 Å². The fourth-order valence-electron chi connectivity index (χ4n) is 2.02. The van der Waals surface area contributed by atoms with Gasteiger partial charge in [0.05, 0.1) is 6.61 Å². The van der Waals surface area contributed by atoms with Gasteiger partial charge in [0.2, 0.25) is 0 Å². The molecule has 0 unspecified atom stereocenters. The summed E-state index contributed by atoms with van der Waals surface area (Å²) in [6.07, 6.45) is 7.37. The minimum Gasteiger partial charge on any atom is -0.493 e. The van der Waals surface area contributed by atoms with Crippen molar-refractivity contribution in [2.75, 3.05) is 19.8 Å². The molecule has 3 nitrogen and oxygen atoms in total. The van der Waals surface area contributed by atoms with E-state index in [0.29, 0.717) is 13.2 Å². The lowest BCUT2D eigenvalue weighted by Gasteiger charge is -2.08. The summed E-state index contributed by atoms with van der Waals surface area (Å²) in [5, 5.41) is 0. The van der Waals surface area contributed by atoms with Gasteiger partial charge in [-0.1, -0.05) is 44.7 Å². The molecule has 20 heavy (non-hydrogen) atoms. The van der Waals surface area contributed by atoms with Crippen LogP contribution in [0.3, 0.4) is 0 Å². The maximum atomic E-state index is 5.67. The molecular weight excluding hydrogens is 250 g/mol. The normalized spacial score (nSPS) is 10.7. The predicted molar refractivity (Wildman–Crippen MR) is 84.0 cm³/mol. The molecule has 0 saturated heterocycles. The Labute approximate surface area is 123 Å². The summed E-state index contributed by atoms with van der Waals surface area (Å²) in [6, 6.07) is 7.95. The largest absolute Gasteiger partial charge is 0.493 e. The van der Waals surface area contributed by atoms with E-state index >= 15 is 0 Å². The maximum Gasteiger partial charge on any atom is 0.119 e. The maximum absolute atomic E-state index is 5.67. The summed E-state index contributed by atoms with van der Waals surface area (Å²) < 4.78 is 11.3. The number of hydrogen-bond donors (Lipinski definition) is 1. The average molecular weight is 279 g/mol. The van der Waals surface area contributed by atoms with Crippen LogP contribution in [0, 0.1) is 0 Å². The van der Waals surface area contributed by atoms with Crippen molar-refractivity contribution in [3.05, 3.63) is 29.8 Å². The Hall–Kier alpha value is -1.06. The molecule has 0 aliphatic heterocycles. The summed E-state index contributed by atoms with van der Waals surface area (Å²) in [5.74, 6) is 0.896.